The van der Waals surface area contributed by atoms with Crippen LogP contribution >= 0.6 is 11.3 Å². The largest absolute Gasteiger partial charge is 0.484 e. The Labute approximate surface area is 234 Å². The molecule has 0 aliphatic carbocycles. The maximum absolute atomic E-state index is 13.5. The van der Waals surface area contributed by atoms with Crippen LogP contribution in [0, 0.1) is 5.82 Å². The highest BCUT2D eigenvalue weighted by molar-refractivity contribution is 7.18. The van der Waals surface area contributed by atoms with Gasteiger partial charge >= 0.3 is 0 Å². The van der Waals surface area contributed by atoms with Gasteiger partial charge in [0.05, 0.1) is 6.04 Å². The first kappa shape index (κ1) is 28.2. The molecule has 4 rings (SSSR count). The van der Waals surface area contributed by atoms with Crippen LogP contribution < -0.4 is 26.4 Å². The Bertz CT molecular complexity index is 1490. The van der Waals surface area contributed by atoms with E-state index in [9.17, 15) is 18.8 Å². The molecular formula is C29H28FN5O4S. The highest BCUT2D eigenvalue weighted by Crippen LogP contribution is 2.36. The Kier molecular flexibility index (Phi) is 8.75. The van der Waals surface area contributed by atoms with Gasteiger partial charge in [0.2, 0.25) is 11.7 Å². The smallest absolute Gasteiger partial charge is 0.258 e. The van der Waals surface area contributed by atoms with Crippen molar-refractivity contribution in [1.29, 1.82) is 0 Å². The Morgan fingerprint density at radius 1 is 1.00 bits per heavy atom. The highest BCUT2D eigenvalue weighted by atomic mass is 32.1. The molecule has 3 aromatic carbocycles. The summed E-state index contributed by atoms with van der Waals surface area (Å²) < 4.78 is 19.1. The van der Waals surface area contributed by atoms with Crippen LogP contribution in [0.4, 0.5) is 21.0 Å². The summed E-state index contributed by atoms with van der Waals surface area (Å²) in [4.78, 5) is 43.5. The molecule has 1 heterocycles. The molecule has 5 N–H and O–H groups in total. The summed E-state index contributed by atoms with van der Waals surface area (Å²) in [6.45, 7) is 3.27. The van der Waals surface area contributed by atoms with E-state index in [1.54, 1.807) is 31.2 Å². The van der Waals surface area contributed by atoms with E-state index in [0.717, 1.165) is 16.9 Å². The number of hydrogen-bond acceptors (Lipinski definition) is 8. The molecular weight excluding hydrogens is 533 g/mol. The minimum atomic E-state index is -0.844. The van der Waals surface area contributed by atoms with E-state index >= 15 is 0 Å². The van der Waals surface area contributed by atoms with Gasteiger partial charge in [-0.2, -0.15) is 0 Å². The lowest BCUT2D eigenvalue weighted by molar-refractivity contribution is -0.123. The Morgan fingerprint density at radius 3 is 2.27 bits per heavy atom. The SMILES string of the molecule is CC(NC(=O)COc1ccc(C(=O)c2sc(N(c3ccc(F)cc3)C(C)C(N)=O)nc2N)cc1)c1ccccc1. The number of nitrogens with zero attached hydrogens (tertiary/aromatic N) is 2. The molecule has 2 unspecified atom stereocenters. The summed E-state index contributed by atoms with van der Waals surface area (Å²) in [5.74, 6) is -1.34. The number of nitrogen functional groups attached to an aromatic ring is 1. The van der Waals surface area contributed by atoms with E-state index in [-0.39, 0.29) is 40.2 Å². The minimum absolute atomic E-state index is 0.0154. The third kappa shape index (κ3) is 6.62. The van der Waals surface area contributed by atoms with E-state index in [1.807, 2.05) is 37.3 Å². The highest BCUT2D eigenvalue weighted by Gasteiger charge is 2.27. The fourth-order valence-electron chi connectivity index (χ4n) is 3.91. The van der Waals surface area contributed by atoms with Crippen molar-refractivity contribution in [3.63, 3.8) is 0 Å². The third-order valence-electron chi connectivity index (χ3n) is 6.12. The molecule has 9 nitrogen and oxygen atoms in total. The van der Waals surface area contributed by atoms with Gasteiger partial charge in [0.1, 0.15) is 28.3 Å². The number of carbonyl (C=O) groups excluding carboxylic acids is 3. The number of halogens is 1. The van der Waals surface area contributed by atoms with E-state index in [1.165, 1.54) is 29.2 Å². The maximum atomic E-state index is 13.5. The molecule has 0 aliphatic heterocycles. The second-order valence-electron chi connectivity index (χ2n) is 8.98. The molecule has 0 saturated heterocycles. The number of ketones is 1. The molecule has 0 spiro atoms. The van der Waals surface area contributed by atoms with Crippen LogP contribution in [0.15, 0.2) is 78.9 Å². The van der Waals surface area contributed by atoms with Crippen molar-refractivity contribution in [2.24, 2.45) is 5.73 Å². The van der Waals surface area contributed by atoms with Crippen molar-refractivity contribution in [2.75, 3.05) is 17.2 Å². The van der Waals surface area contributed by atoms with Crippen LogP contribution in [-0.2, 0) is 9.59 Å². The van der Waals surface area contributed by atoms with Crippen molar-refractivity contribution in [1.82, 2.24) is 10.3 Å². The molecule has 11 heteroatoms. The lowest BCUT2D eigenvalue weighted by Gasteiger charge is -2.26. The summed E-state index contributed by atoms with van der Waals surface area (Å²) in [7, 11) is 0. The van der Waals surface area contributed by atoms with Gasteiger partial charge < -0.3 is 26.4 Å². The lowest BCUT2D eigenvalue weighted by atomic mass is 10.1. The van der Waals surface area contributed by atoms with Gasteiger partial charge in [-0.05, 0) is 67.9 Å². The standard InChI is InChI=1S/C29H28FN5O4S/c1-17(19-6-4-3-5-7-19)33-24(36)16-39-23-14-8-20(9-15-23)25(37)26-27(31)34-29(40-26)35(18(2)28(32)38)22-12-10-21(30)11-13-22/h3-15,17-18H,16,31H2,1-2H3,(H2,32,38)(H,33,36). The number of amides is 2. The van der Waals surface area contributed by atoms with Crippen molar-refractivity contribution in [3.05, 3.63) is 101 Å². The number of nitrogens with two attached hydrogens (primary N) is 2. The van der Waals surface area contributed by atoms with Crippen LogP contribution in [0.3, 0.4) is 0 Å². The predicted molar refractivity (Wildman–Crippen MR) is 152 cm³/mol. The molecule has 0 fully saturated rings. The zero-order chi connectivity index (χ0) is 28.8. The van der Waals surface area contributed by atoms with E-state index in [4.69, 9.17) is 16.2 Å². The molecule has 206 valence electrons. The quantitative estimate of drug-likeness (QED) is 0.231. The van der Waals surface area contributed by atoms with Crippen LogP contribution in [0.5, 0.6) is 5.75 Å². The summed E-state index contributed by atoms with van der Waals surface area (Å²) in [5, 5.41) is 3.13. The van der Waals surface area contributed by atoms with Gasteiger partial charge in [-0.25, -0.2) is 9.37 Å². The fraction of sp³-hybridized carbons (Fsp3) is 0.172. The van der Waals surface area contributed by atoms with Gasteiger partial charge in [-0.1, -0.05) is 41.7 Å². The monoisotopic (exact) mass is 561 g/mol. The number of nitrogens with one attached hydrogen (secondary N) is 1. The van der Waals surface area contributed by atoms with Gasteiger partial charge in [0.25, 0.3) is 5.91 Å². The number of carbonyl (C=O) groups is 3. The normalized spacial score (nSPS) is 12.3. The second-order valence-corrected chi connectivity index (χ2v) is 9.96. The van der Waals surface area contributed by atoms with Crippen LogP contribution in [-0.4, -0.2) is 35.2 Å². The lowest BCUT2D eigenvalue weighted by Crippen LogP contribution is -2.39. The average molecular weight is 562 g/mol. The molecule has 2 atom stereocenters. The Morgan fingerprint density at radius 2 is 1.65 bits per heavy atom. The first-order chi connectivity index (χ1) is 19.1. The molecule has 1 aromatic heterocycles. The summed E-state index contributed by atoms with van der Waals surface area (Å²) >= 11 is 0.992. The number of anilines is 3. The van der Waals surface area contributed by atoms with Crippen LogP contribution in [0.25, 0.3) is 0 Å². The summed E-state index contributed by atoms with van der Waals surface area (Å²) in [5.41, 5.74) is 13.4. The number of benzene rings is 3. The fourth-order valence-corrected chi connectivity index (χ4v) is 4.95. The van der Waals surface area contributed by atoms with Gasteiger partial charge in [0, 0.05) is 11.3 Å². The summed E-state index contributed by atoms with van der Waals surface area (Å²) in [6, 6.07) is 20.3. The molecule has 40 heavy (non-hydrogen) atoms. The molecule has 0 radical (unpaired) electrons. The van der Waals surface area contributed by atoms with Gasteiger partial charge in [-0.3, -0.25) is 14.4 Å². The third-order valence-corrected chi connectivity index (χ3v) is 7.19. The first-order valence-corrected chi connectivity index (χ1v) is 13.2. The zero-order valence-corrected chi connectivity index (χ0v) is 22.7. The van der Waals surface area contributed by atoms with Crippen LogP contribution in [0.2, 0.25) is 0 Å². The van der Waals surface area contributed by atoms with Crippen molar-refractivity contribution >= 4 is 45.6 Å². The summed E-state index contributed by atoms with van der Waals surface area (Å²) in [6.07, 6.45) is 0. The number of rotatable bonds is 11. The molecule has 0 bridgehead atoms. The molecule has 4 aromatic rings. The topological polar surface area (TPSA) is 141 Å². The average Bonchev–Trinajstić information content (AvgIpc) is 3.34. The second kappa shape index (κ2) is 12.4. The number of hydrogen-bond donors (Lipinski definition) is 3. The Hall–Kier alpha value is -4.77. The first-order valence-electron chi connectivity index (χ1n) is 12.4. The Balaban J connectivity index is 1.44. The van der Waals surface area contributed by atoms with Crippen LogP contribution in [0.1, 0.15) is 40.7 Å². The zero-order valence-electron chi connectivity index (χ0n) is 21.8. The number of primary amides is 1. The number of ether oxygens (including phenoxy) is 1. The molecule has 0 saturated carbocycles. The molecule has 0 aliphatic rings. The minimum Gasteiger partial charge on any atom is -0.484 e. The number of thiazole rings is 1. The predicted octanol–water partition coefficient (Wildman–Crippen LogP) is 4.36. The van der Waals surface area contributed by atoms with Gasteiger partial charge in [-0.15, -0.1) is 0 Å². The van der Waals surface area contributed by atoms with E-state index in [2.05, 4.69) is 10.3 Å². The van der Waals surface area contributed by atoms with Crippen molar-refractivity contribution in [2.45, 2.75) is 25.9 Å². The molecule has 2 amide bonds. The van der Waals surface area contributed by atoms with Crippen molar-refractivity contribution in [3.8, 4) is 5.75 Å². The van der Waals surface area contributed by atoms with E-state index in [0.29, 0.717) is 17.0 Å². The van der Waals surface area contributed by atoms with Crippen molar-refractivity contribution < 1.29 is 23.5 Å². The van der Waals surface area contributed by atoms with E-state index < -0.39 is 17.8 Å². The number of aromatic nitrogens is 1. The maximum Gasteiger partial charge on any atom is 0.258 e. The van der Waals surface area contributed by atoms with Gasteiger partial charge in [0.15, 0.2) is 11.7 Å².